The molecule has 0 aliphatic heterocycles. The maximum atomic E-state index is 13.3. The zero-order valence-electron chi connectivity index (χ0n) is 19.2. The first kappa shape index (κ1) is 27.5. The monoisotopic (exact) mass is 598 g/mol. The topological polar surface area (TPSA) is 75.7 Å². The van der Waals surface area contributed by atoms with Gasteiger partial charge < -0.3 is 9.64 Å². The molecule has 0 aromatic heterocycles. The number of hydrogen-bond acceptors (Lipinski definition) is 4. The molecule has 1 N–H and O–H groups in total. The smallest absolute Gasteiger partial charge is 0.255 e. The minimum Gasteiger partial charge on any atom is -0.497 e. The van der Waals surface area contributed by atoms with Crippen molar-refractivity contribution in [3.05, 3.63) is 91.9 Å². The Hall–Kier alpha value is -2.10. The molecule has 0 unspecified atom stereocenters. The van der Waals surface area contributed by atoms with E-state index in [1.165, 1.54) is 12.1 Å². The Morgan fingerprint density at radius 3 is 2.37 bits per heavy atom. The Balaban J connectivity index is 1.78. The van der Waals surface area contributed by atoms with Crippen LogP contribution in [-0.2, 0) is 23.0 Å². The van der Waals surface area contributed by atoms with Gasteiger partial charge in [-0.25, -0.2) is 13.1 Å². The van der Waals surface area contributed by atoms with Gasteiger partial charge in [0.05, 0.1) is 22.7 Å². The fraction of sp³-hybridized carbons (Fsp3) is 0.240. The molecule has 3 rings (SSSR count). The fourth-order valence-electron chi connectivity index (χ4n) is 3.45. The first-order chi connectivity index (χ1) is 16.6. The number of carbonyl (C=O) groups is 1. The molecular formula is C25H25BrCl2N2O4S. The lowest BCUT2D eigenvalue weighted by molar-refractivity contribution is 0.0752. The Bertz CT molecular complexity index is 1300. The van der Waals surface area contributed by atoms with Crippen molar-refractivity contribution in [3.8, 4) is 5.75 Å². The van der Waals surface area contributed by atoms with Crippen molar-refractivity contribution >= 4 is 55.1 Å². The van der Waals surface area contributed by atoms with Gasteiger partial charge in [-0.15, -0.1) is 0 Å². The summed E-state index contributed by atoms with van der Waals surface area (Å²) < 4.78 is 34.6. The van der Waals surface area contributed by atoms with Crippen molar-refractivity contribution in [1.29, 1.82) is 0 Å². The van der Waals surface area contributed by atoms with Crippen LogP contribution in [0.4, 0.5) is 0 Å². The third kappa shape index (κ3) is 7.21. The summed E-state index contributed by atoms with van der Waals surface area (Å²) in [6.07, 6.45) is 0.469. The van der Waals surface area contributed by atoms with E-state index in [9.17, 15) is 13.2 Å². The average Bonchev–Trinajstić information content (AvgIpc) is 2.82. The number of benzene rings is 3. The van der Waals surface area contributed by atoms with E-state index in [4.69, 9.17) is 27.9 Å². The first-order valence-electron chi connectivity index (χ1n) is 10.8. The van der Waals surface area contributed by atoms with Crippen LogP contribution in [0.1, 0.15) is 28.4 Å². The summed E-state index contributed by atoms with van der Waals surface area (Å²) in [6, 6.07) is 17.5. The minimum absolute atomic E-state index is 0.0569. The van der Waals surface area contributed by atoms with Crippen molar-refractivity contribution in [3.63, 3.8) is 0 Å². The van der Waals surface area contributed by atoms with E-state index >= 15 is 0 Å². The second-order valence-corrected chi connectivity index (χ2v) is 11.2. The molecule has 10 heteroatoms. The number of sulfonamides is 1. The predicted molar refractivity (Wildman–Crippen MR) is 143 cm³/mol. The predicted octanol–water partition coefficient (Wildman–Crippen LogP) is 5.95. The van der Waals surface area contributed by atoms with Crippen molar-refractivity contribution in [2.24, 2.45) is 0 Å². The zero-order chi connectivity index (χ0) is 25.6. The second-order valence-electron chi connectivity index (χ2n) is 7.71. The maximum absolute atomic E-state index is 13.3. The van der Waals surface area contributed by atoms with E-state index in [1.807, 2.05) is 55.5 Å². The van der Waals surface area contributed by atoms with Gasteiger partial charge in [0.2, 0.25) is 10.0 Å². The van der Waals surface area contributed by atoms with Crippen LogP contribution in [0.25, 0.3) is 0 Å². The van der Waals surface area contributed by atoms with Crippen LogP contribution >= 0.6 is 39.1 Å². The highest BCUT2D eigenvalue weighted by Gasteiger charge is 2.25. The van der Waals surface area contributed by atoms with Gasteiger partial charge >= 0.3 is 0 Å². The molecule has 35 heavy (non-hydrogen) atoms. The van der Waals surface area contributed by atoms with Crippen LogP contribution in [-0.4, -0.2) is 39.4 Å². The van der Waals surface area contributed by atoms with E-state index < -0.39 is 10.0 Å². The van der Waals surface area contributed by atoms with E-state index in [0.717, 1.165) is 21.3 Å². The van der Waals surface area contributed by atoms with Gasteiger partial charge in [0, 0.05) is 24.1 Å². The first-order valence-corrected chi connectivity index (χ1v) is 13.8. The number of nitrogens with one attached hydrogen (secondary N) is 1. The summed E-state index contributed by atoms with van der Waals surface area (Å²) in [5.74, 6) is 0.337. The molecule has 0 saturated heterocycles. The van der Waals surface area contributed by atoms with Crippen LogP contribution in [0.3, 0.4) is 0 Å². The summed E-state index contributed by atoms with van der Waals surface area (Å²) in [6.45, 7) is 2.75. The van der Waals surface area contributed by atoms with Crippen molar-refractivity contribution in [1.82, 2.24) is 9.62 Å². The molecule has 0 radical (unpaired) electrons. The molecule has 0 saturated carbocycles. The Morgan fingerprint density at radius 1 is 1.03 bits per heavy atom. The lowest BCUT2D eigenvalue weighted by atomic mass is 10.1. The largest absolute Gasteiger partial charge is 0.497 e. The number of ether oxygens (including phenoxy) is 1. The summed E-state index contributed by atoms with van der Waals surface area (Å²) in [4.78, 5) is 14.7. The standard InChI is InChI=1S/C25H25BrCl2N2O4S/c1-3-30(16-18-5-4-6-19(26)13-18)25(31)21-14-24(23(28)15-22(21)27)35(32,33)29-12-11-17-7-9-20(34-2)10-8-17/h4-10,13-15,29H,3,11-12,16H2,1-2H3. The minimum atomic E-state index is -3.99. The van der Waals surface area contributed by atoms with E-state index in [2.05, 4.69) is 20.7 Å². The van der Waals surface area contributed by atoms with Gasteiger partial charge in [0.15, 0.2) is 0 Å². The molecule has 0 atom stereocenters. The van der Waals surface area contributed by atoms with Crippen LogP contribution in [0, 0.1) is 0 Å². The second kappa shape index (κ2) is 12.2. The number of nitrogens with zero attached hydrogens (tertiary/aromatic N) is 1. The van der Waals surface area contributed by atoms with E-state index in [1.54, 1.807) is 12.0 Å². The molecule has 3 aromatic carbocycles. The summed E-state index contributed by atoms with van der Waals surface area (Å²) in [7, 11) is -2.40. The van der Waals surface area contributed by atoms with Gasteiger partial charge in [0.25, 0.3) is 5.91 Å². The summed E-state index contributed by atoms with van der Waals surface area (Å²) >= 11 is 16.0. The van der Waals surface area contributed by atoms with Gasteiger partial charge in [-0.1, -0.05) is 63.4 Å². The molecule has 0 aliphatic carbocycles. The molecule has 1 amide bonds. The summed E-state index contributed by atoms with van der Waals surface area (Å²) in [5.41, 5.74) is 1.94. The molecule has 0 bridgehead atoms. The third-order valence-electron chi connectivity index (χ3n) is 5.34. The van der Waals surface area contributed by atoms with Crippen LogP contribution in [0.15, 0.2) is 70.0 Å². The molecule has 3 aromatic rings. The highest BCUT2D eigenvalue weighted by Crippen LogP contribution is 2.30. The molecular weight excluding hydrogens is 575 g/mol. The third-order valence-corrected chi connectivity index (χ3v) is 8.07. The number of carbonyl (C=O) groups excluding carboxylic acids is 1. The van der Waals surface area contributed by atoms with Gasteiger partial charge in [-0.2, -0.15) is 0 Å². The number of amides is 1. The van der Waals surface area contributed by atoms with Gasteiger partial charge in [-0.05, 0) is 60.9 Å². The zero-order valence-corrected chi connectivity index (χ0v) is 23.1. The van der Waals surface area contributed by atoms with Crippen LogP contribution in [0.5, 0.6) is 5.75 Å². The average molecular weight is 600 g/mol. The number of rotatable bonds is 10. The van der Waals surface area contributed by atoms with Gasteiger partial charge in [0.1, 0.15) is 10.6 Å². The SMILES string of the molecule is CCN(Cc1cccc(Br)c1)C(=O)c1cc(S(=O)(=O)NCCc2ccc(OC)cc2)c(Cl)cc1Cl. The fourth-order valence-corrected chi connectivity index (χ4v) is 5.78. The molecule has 0 heterocycles. The van der Waals surface area contributed by atoms with Gasteiger partial charge in [-0.3, -0.25) is 4.79 Å². The van der Waals surface area contributed by atoms with E-state index in [0.29, 0.717) is 19.5 Å². The molecule has 0 aliphatic rings. The highest BCUT2D eigenvalue weighted by molar-refractivity contribution is 9.10. The number of halogens is 3. The van der Waals surface area contributed by atoms with E-state index in [-0.39, 0.29) is 33.0 Å². The molecule has 6 nitrogen and oxygen atoms in total. The van der Waals surface area contributed by atoms with Crippen molar-refractivity contribution in [2.75, 3.05) is 20.2 Å². The number of hydrogen-bond donors (Lipinski definition) is 1. The maximum Gasteiger partial charge on any atom is 0.255 e. The quantitative estimate of drug-likeness (QED) is 0.312. The summed E-state index contributed by atoms with van der Waals surface area (Å²) in [5, 5.41) is 0.0309. The lowest BCUT2D eigenvalue weighted by Gasteiger charge is -2.22. The lowest BCUT2D eigenvalue weighted by Crippen LogP contribution is -2.31. The number of methoxy groups -OCH3 is 1. The van der Waals surface area contributed by atoms with Crippen LogP contribution in [0.2, 0.25) is 10.0 Å². The Kier molecular flexibility index (Phi) is 9.61. The van der Waals surface area contributed by atoms with Crippen molar-refractivity contribution in [2.45, 2.75) is 24.8 Å². The molecule has 0 fully saturated rings. The van der Waals surface area contributed by atoms with Crippen LogP contribution < -0.4 is 9.46 Å². The normalized spacial score (nSPS) is 11.3. The Labute approximate surface area is 224 Å². The van der Waals surface area contributed by atoms with Crippen molar-refractivity contribution < 1.29 is 17.9 Å². The molecule has 0 spiro atoms. The Morgan fingerprint density at radius 2 is 1.74 bits per heavy atom. The highest BCUT2D eigenvalue weighted by atomic mass is 79.9. The molecule has 186 valence electrons.